The highest BCUT2D eigenvalue weighted by Crippen LogP contribution is 2.43. The topological polar surface area (TPSA) is 48.2 Å². The van der Waals surface area contributed by atoms with E-state index in [0.29, 0.717) is 17.7 Å². The molecule has 2 N–H and O–H groups in total. The lowest BCUT2D eigenvalue weighted by Gasteiger charge is -2.33. The first-order valence-electron chi connectivity index (χ1n) is 4.52. The molecule has 66 valence electrons. The van der Waals surface area contributed by atoms with Gasteiger partial charge in [-0.15, -0.1) is 0 Å². The Bertz CT molecular complexity index is 246. The third-order valence-corrected chi connectivity index (χ3v) is 3.24. The fourth-order valence-corrected chi connectivity index (χ4v) is 2.53. The maximum Gasteiger partial charge on any atom is 0.104 e. The number of fused-ring (bicyclic) bond motifs is 1. The van der Waals surface area contributed by atoms with Gasteiger partial charge < -0.3 is 5.32 Å². The second-order valence-corrected chi connectivity index (χ2v) is 4.17. The van der Waals surface area contributed by atoms with Crippen LogP contribution in [0.25, 0.3) is 0 Å². The van der Waals surface area contributed by atoms with E-state index in [0.717, 1.165) is 6.42 Å². The first-order valence-corrected chi connectivity index (χ1v) is 4.52. The molecule has 12 heavy (non-hydrogen) atoms. The minimum atomic E-state index is 0.0156. The molecule has 3 heteroatoms. The molecule has 1 fully saturated rings. The molecule has 2 aliphatic rings. The largest absolute Gasteiger partial charge is 0.335 e. The van der Waals surface area contributed by atoms with E-state index in [2.05, 4.69) is 24.2 Å². The summed E-state index contributed by atoms with van der Waals surface area (Å²) in [7, 11) is 0. The Hall–Kier alpha value is -0.860. The van der Waals surface area contributed by atoms with Gasteiger partial charge in [0.25, 0.3) is 0 Å². The van der Waals surface area contributed by atoms with Gasteiger partial charge in [0, 0.05) is 5.92 Å². The van der Waals surface area contributed by atoms with Crippen LogP contribution >= 0.6 is 0 Å². The molecule has 1 aliphatic heterocycles. The van der Waals surface area contributed by atoms with Gasteiger partial charge in [0.1, 0.15) is 5.84 Å². The third kappa shape index (κ3) is 0.886. The minimum absolute atomic E-state index is 0.0156. The third-order valence-electron chi connectivity index (χ3n) is 3.24. The summed E-state index contributed by atoms with van der Waals surface area (Å²) in [6, 6.07) is 0. The molecule has 1 saturated carbocycles. The van der Waals surface area contributed by atoms with E-state index in [1.54, 1.807) is 6.34 Å². The summed E-state index contributed by atoms with van der Waals surface area (Å²) in [5.74, 6) is 1.58. The molecule has 2 rings (SSSR count). The van der Waals surface area contributed by atoms with Crippen LogP contribution in [-0.2, 0) is 0 Å². The number of aliphatic imine (C=N–C) groups is 1. The smallest absolute Gasteiger partial charge is 0.104 e. The van der Waals surface area contributed by atoms with Crippen molar-refractivity contribution in [1.82, 2.24) is 5.32 Å². The SMILES string of the molecule is C[C@@H]1CC[C@@]2(C)N=CNC(=N)C12. The van der Waals surface area contributed by atoms with Gasteiger partial charge in [0.2, 0.25) is 0 Å². The lowest BCUT2D eigenvalue weighted by Crippen LogP contribution is -2.46. The van der Waals surface area contributed by atoms with Gasteiger partial charge >= 0.3 is 0 Å². The lowest BCUT2D eigenvalue weighted by atomic mass is 9.83. The highest BCUT2D eigenvalue weighted by Gasteiger charge is 2.46. The maximum absolute atomic E-state index is 7.77. The van der Waals surface area contributed by atoms with Crippen molar-refractivity contribution in [3.8, 4) is 0 Å². The average molecular weight is 165 g/mol. The highest BCUT2D eigenvalue weighted by atomic mass is 15.1. The Kier molecular flexibility index (Phi) is 1.50. The predicted octanol–water partition coefficient (Wildman–Crippen LogP) is 1.40. The van der Waals surface area contributed by atoms with Crippen LogP contribution in [0, 0.1) is 17.2 Å². The highest BCUT2D eigenvalue weighted by molar-refractivity contribution is 5.94. The fraction of sp³-hybridized carbons (Fsp3) is 0.778. The Labute approximate surface area is 72.8 Å². The molecule has 0 aromatic heterocycles. The zero-order valence-corrected chi connectivity index (χ0v) is 7.59. The molecule has 0 radical (unpaired) electrons. The molecule has 0 bridgehead atoms. The van der Waals surface area contributed by atoms with Crippen molar-refractivity contribution in [3.05, 3.63) is 0 Å². The van der Waals surface area contributed by atoms with Crippen LogP contribution in [0.4, 0.5) is 0 Å². The molecule has 0 amide bonds. The lowest BCUT2D eigenvalue weighted by molar-refractivity contribution is 0.375. The second kappa shape index (κ2) is 2.31. The van der Waals surface area contributed by atoms with Crippen LogP contribution in [0.5, 0.6) is 0 Å². The van der Waals surface area contributed by atoms with Crippen LogP contribution in [0.15, 0.2) is 4.99 Å². The number of hydrogen-bond donors (Lipinski definition) is 2. The van der Waals surface area contributed by atoms with Crippen molar-refractivity contribution in [2.24, 2.45) is 16.8 Å². The molecular formula is C9H15N3. The van der Waals surface area contributed by atoms with Crippen molar-refractivity contribution in [2.75, 3.05) is 0 Å². The van der Waals surface area contributed by atoms with Crippen molar-refractivity contribution in [1.29, 1.82) is 5.41 Å². The van der Waals surface area contributed by atoms with Crippen LogP contribution in [0.3, 0.4) is 0 Å². The summed E-state index contributed by atoms with van der Waals surface area (Å²) in [4.78, 5) is 4.45. The molecule has 0 saturated heterocycles. The van der Waals surface area contributed by atoms with Gasteiger partial charge in [-0.1, -0.05) is 6.92 Å². The molecule has 1 aliphatic carbocycles. The molecule has 0 aromatic rings. The summed E-state index contributed by atoms with van der Waals surface area (Å²) < 4.78 is 0. The Morgan fingerprint density at radius 3 is 3.17 bits per heavy atom. The van der Waals surface area contributed by atoms with Gasteiger partial charge in [0.05, 0.1) is 11.9 Å². The Balaban J connectivity index is 2.36. The van der Waals surface area contributed by atoms with Gasteiger partial charge in [-0.05, 0) is 25.7 Å². The van der Waals surface area contributed by atoms with E-state index >= 15 is 0 Å². The first kappa shape index (κ1) is 7.77. The second-order valence-electron chi connectivity index (χ2n) is 4.17. The van der Waals surface area contributed by atoms with Crippen LogP contribution < -0.4 is 5.32 Å². The number of amidine groups is 1. The molecule has 1 heterocycles. The fourth-order valence-electron chi connectivity index (χ4n) is 2.53. The minimum Gasteiger partial charge on any atom is -0.335 e. The Morgan fingerprint density at radius 2 is 2.50 bits per heavy atom. The van der Waals surface area contributed by atoms with Crippen molar-refractivity contribution < 1.29 is 0 Å². The van der Waals surface area contributed by atoms with E-state index in [9.17, 15) is 0 Å². The van der Waals surface area contributed by atoms with E-state index < -0.39 is 0 Å². The van der Waals surface area contributed by atoms with E-state index in [1.165, 1.54) is 6.42 Å². The number of rotatable bonds is 0. The van der Waals surface area contributed by atoms with Crippen molar-refractivity contribution >= 4 is 12.2 Å². The monoisotopic (exact) mass is 165 g/mol. The van der Waals surface area contributed by atoms with Gasteiger partial charge in [-0.2, -0.15) is 0 Å². The molecule has 1 unspecified atom stereocenters. The molecular weight excluding hydrogens is 150 g/mol. The van der Waals surface area contributed by atoms with Crippen molar-refractivity contribution in [2.45, 2.75) is 32.2 Å². The summed E-state index contributed by atoms with van der Waals surface area (Å²) >= 11 is 0. The quantitative estimate of drug-likeness (QED) is 0.560. The standard InChI is InChI=1S/C9H15N3/c1-6-3-4-9(2)7(6)8(10)11-5-12-9/h5-7H,3-4H2,1-2H3,(H2,10,11,12)/t6-,7?,9-/m1/s1. The maximum atomic E-state index is 7.77. The number of hydrogen-bond acceptors (Lipinski definition) is 2. The molecule has 3 atom stereocenters. The van der Waals surface area contributed by atoms with E-state index in [1.807, 2.05) is 0 Å². The number of nitrogens with zero attached hydrogens (tertiary/aromatic N) is 1. The van der Waals surface area contributed by atoms with E-state index in [4.69, 9.17) is 5.41 Å². The van der Waals surface area contributed by atoms with Crippen LogP contribution in [0.1, 0.15) is 26.7 Å². The summed E-state index contributed by atoms with van der Waals surface area (Å²) in [6.07, 6.45) is 4.00. The van der Waals surface area contributed by atoms with E-state index in [-0.39, 0.29) is 5.54 Å². The normalized spacial score (nSPS) is 45.7. The van der Waals surface area contributed by atoms with Crippen LogP contribution in [0.2, 0.25) is 0 Å². The number of nitrogens with one attached hydrogen (secondary N) is 2. The van der Waals surface area contributed by atoms with Crippen molar-refractivity contribution in [3.63, 3.8) is 0 Å². The molecule has 0 spiro atoms. The van der Waals surface area contributed by atoms with Gasteiger partial charge in [-0.25, -0.2) is 0 Å². The predicted molar refractivity (Wildman–Crippen MR) is 49.6 cm³/mol. The Morgan fingerprint density at radius 1 is 1.75 bits per heavy atom. The molecule has 3 nitrogen and oxygen atoms in total. The average Bonchev–Trinajstić information content (AvgIpc) is 2.29. The summed E-state index contributed by atoms with van der Waals surface area (Å²) in [5.41, 5.74) is 0.0156. The summed E-state index contributed by atoms with van der Waals surface area (Å²) in [6.45, 7) is 4.38. The van der Waals surface area contributed by atoms with Gasteiger partial charge in [0.15, 0.2) is 0 Å². The molecule has 0 aromatic carbocycles. The zero-order chi connectivity index (χ0) is 8.77. The first-order chi connectivity index (χ1) is 5.63. The van der Waals surface area contributed by atoms with Gasteiger partial charge in [-0.3, -0.25) is 10.4 Å². The van der Waals surface area contributed by atoms with Crippen LogP contribution in [-0.4, -0.2) is 17.7 Å². The summed E-state index contributed by atoms with van der Waals surface area (Å²) in [5, 5.41) is 10.7. The zero-order valence-electron chi connectivity index (χ0n) is 7.59.